The fraction of sp³-hybridized carbons (Fsp3) is 0. The van der Waals surface area contributed by atoms with E-state index in [1.165, 1.54) is 21.5 Å². The summed E-state index contributed by atoms with van der Waals surface area (Å²) in [4.78, 5) is 8.64. The maximum atomic E-state index is 10.4. The van der Waals surface area contributed by atoms with Crippen LogP contribution in [0.25, 0.3) is 71.8 Å². The second-order valence-electron chi connectivity index (χ2n) is 9.74. The number of aromatic hydroxyl groups is 1. The van der Waals surface area contributed by atoms with E-state index in [0.29, 0.717) is 17.1 Å². The van der Waals surface area contributed by atoms with Gasteiger partial charge in [0, 0.05) is 32.7 Å². The molecule has 0 amide bonds. The SMILES string of the molecule is Oc1ccccc1-c1cccc(-n2nc(-c3cccc4c3[nH]c3c5ccccc5ccc43)c3ccccc32)n1. The minimum absolute atomic E-state index is 0.200. The lowest BCUT2D eigenvalue weighted by molar-refractivity contribution is 0.477. The summed E-state index contributed by atoms with van der Waals surface area (Å²) in [7, 11) is 0. The number of fused-ring (bicyclic) bond motifs is 6. The van der Waals surface area contributed by atoms with Crippen molar-refractivity contribution in [3.63, 3.8) is 0 Å². The number of pyridine rings is 1. The molecule has 3 heterocycles. The normalized spacial score (nSPS) is 11.7. The van der Waals surface area contributed by atoms with Gasteiger partial charge >= 0.3 is 0 Å². The predicted octanol–water partition coefficient (Wildman–Crippen LogP) is 8.25. The summed E-state index contributed by atoms with van der Waals surface area (Å²) in [6.45, 7) is 0. The van der Waals surface area contributed by atoms with Gasteiger partial charge in [-0.1, -0.05) is 91.0 Å². The Labute approximate surface area is 223 Å². The van der Waals surface area contributed by atoms with Crippen molar-refractivity contribution in [2.75, 3.05) is 0 Å². The molecular formula is C34H22N4O. The first-order valence-electron chi connectivity index (χ1n) is 12.9. The number of para-hydroxylation sites is 3. The quantitative estimate of drug-likeness (QED) is 0.256. The third-order valence-corrected chi connectivity index (χ3v) is 7.51. The Hall–Kier alpha value is -5.42. The van der Waals surface area contributed by atoms with Crippen LogP contribution < -0.4 is 0 Å². The third kappa shape index (κ3) is 3.27. The first-order chi connectivity index (χ1) is 19.3. The number of aromatic nitrogens is 4. The minimum atomic E-state index is 0.200. The van der Waals surface area contributed by atoms with E-state index >= 15 is 0 Å². The summed E-state index contributed by atoms with van der Waals surface area (Å²) in [6, 6.07) is 40.5. The zero-order chi connectivity index (χ0) is 25.9. The van der Waals surface area contributed by atoms with Gasteiger partial charge in [-0.3, -0.25) is 0 Å². The van der Waals surface area contributed by atoms with E-state index in [1.54, 1.807) is 6.07 Å². The van der Waals surface area contributed by atoms with E-state index < -0.39 is 0 Å². The minimum Gasteiger partial charge on any atom is -0.507 e. The van der Waals surface area contributed by atoms with E-state index in [-0.39, 0.29) is 5.75 Å². The van der Waals surface area contributed by atoms with Crippen LogP contribution in [0.3, 0.4) is 0 Å². The van der Waals surface area contributed by atoms with Crippen LogP contribution in [-0.2, 0) is 0 Å². The molecule has 0 radical (unpaired) electrons. The number of nitrogens with zero attached hydrogens (tertiary/aromatic N) is 3. The molecule has 0 unspecified atom stereocenters. The highest BCUT2D eigenvalue weighted by atomic mass is 16.3. The molecule has 5 heteroatoms. The Bertz CT molecular complexity index is 2210. The number of hydrogen-bond acceptors (Lipinski definition) is 3. The highest BCUT2D eigenvalue weighted by Crippen LogP contribution is 2.38. The number of phenols is 1. The monoisotopic (exact) mass is 502 g/mol. The predicted molar refractivity (Wildman–Crippen MR) is 158 cm³/mol. The van der Waals surface area contributed by atoms with Crippen molar-refractivity contribution >= 4 is 43.5 Å². The van der Waals surface area contributed by atoms with Gasteiger partial charge in [0.2, 0.25) is 0 Å². The molecule has 39 heavy (non-hydrogen) atoms. The summed E-state index contributed by atoms with van der Waals surface area (Å²) in [5, 5.41) is 21.4. The van der Waals surface area contributed by atoms with Crippen LogP contribution in [0.2, 0.25) is 0 Å². The van der Waals surface area contributed by atoms with Gasteiger partial charge in [-0.05, 0) is 35.7 Å². The van der Waals surface area contributed by atoms with Crippen molar-refractivity contribution in [1.29, 1.82) is 0 Å². The average molecular weight is 503 g/mol. The lowest BCUT2D eigenvalue weighted by Crippen LogP contribution is -2.00. The van der Waals surface area contributed by atoms with E-state index in [0.717, 1.165) is 33.2 Å². The Kier molecular flexibility index (Phi) is 4.60. The highest BCUT2D eigenvalue weighted by molar-refractivity contribution is 6.20. The third-order valence-electron chi connectivity index (χ3n) is 7.51. The maximum absolute atomic E-state index is 10.4. The second kappa shape index (κ2) is 8.30. The first-order valence-corrected chi connectivity index (χ1v) is 12.9. The highest BCUT2D eigenvalue weighted by Gasteiger charge is 2.19. The zero-order valence-corrected chi connectivity index (χ0v) is 20.8. The molecular weight excluding hydrogens is 480 g/mol. The van der Waals surface area contributed by atoms with E-state index in [4.69, 9.17) is 10.1 Å². The first kappa shape index (κ1) is 21.6. The maximum Gasteiger partial charge on any atom is 0.154 e. The van der Waals surface area contributed by atoms with Gasteiger partial charge in [0.05, 0.1) is 22.2 Å². The molecule has 8 aromatic rings. The summed E-state index contributed by atoms with van der Waals surface area (Å²) in [6.07, 6.45) is 0. The van der Waals surface area contributed by atoms with Crippen molar-refractivity contribution in [3.8, 4) is 34.1 Å². The molecule has 0 aliphatic heterocycles. The summed E-state index contributed by atoms with van der Waals surface area (Å²) >= 11 is 0. The molecule has 0 fully saturated rings. The number of hydrogen-bond donors (Lipinski definition) is 2. The molecule has 0 atom stereocenters. The van der Waals surface area contributed by atoms with Gasteiger partial charge in [-0.2, -0.15) is 5.10 Å². The van der Waals surface area contributed by atoms with E-state index in [9.17, 15) is 5.11 Å². The summed E-state index contributed by atoms with van der Waals surface area (Å²) in [5.41, 5.74) is 6.48. The second-order valence-corrected chi connectivity index (χ2v) is 9.74. The van der Waals surface area contributed by atoms with Crippen LogP contribution in [0.1, 0.15) is 0 Å². The molecule has 184 valence electrons. The van der Waals surface area contributed by atoms with E-state index in [2.05, 4.69) is 71.7 Å². The van der Waals surface area contributed by atoms with Gasteiger partial charge in [0.15, 0.2) is 5.82 Å². The molecule has 0 bridgehead atoms. The van der Waals surface area contributed by atoms with Gasteiger partial charge in [0.1, 0.15) is 11.4 Å². The molecule has 3 aromatic heterocycles. The van der Waals surface area contributed by atoms with Gasteiger partial charge in [-0.15, -0.1) is 0 Å². The fourth-order valence-electron chi connectivity index (χ4n) is 5.69. The van der Waals surface area contributed by atoms with Gasteiger partial charge in [0.25, 0.3) is 0 Å². The number of aromatic amines is 1. The number of H-pyrrole nitrogens is 1. The molecule has 0 spiro atoms. The van der Waals surface area contributed by atoms with Crippen molar-refractivity contribution in [2.45, 2.75) is 0 Å². The van der Waals surface area contributed by atoms with Crippen LogP contribution in [0, 0.1) is 0 Å². The van der Waals surface area contributed by atoms with Gasteiger partial charge in [-0.25, -0.2) is 9.67 Å². The number of nitrogens with one attached hydrogen (secondary N) is 1. The molecule has 0 saturated heterocycles. The van der Waals surface area contributed by atoms with Crippen LogP contribution in [-0.4, -0.2) is 24.9 Å². The van der Waals surface area contributed by atoms with Crippen molar-refractivity contribution in [1.82, 2.24) is 19.7 Å². The largest absolute Gasteiger partial charge is 0.507 e. The molecule has 5 aromatic carbocycles. The molecule has 0 aliphatic carbocycles. The lowest BCUT2D eigenvalue weighted by Gasteiger charge is -2.07. The van der Waals surface area contributed by atoms with Crippen molar-refractivity contribution < 1.29 is 5.11 Å². The van der Waals surface area contributed by atoms with Crippen LogP contribution in [0.4, 0.5) is 0 Å². The molecule has 0 aliphatic rings. The summed E-state index contributed by atoms with van der Waals surface area (Å²) in [5.74, 6) is 0.888. The van der Waals surface area contributed by atoms with Crippen molar-refractivity contribution in [2.24, 2.45) is 0 Å². The Morgan fingerprint density at radius 2 is 1.28 bits per heavy atom. The Balaban J connectivity index is 1.37. The molecule has 5 nitrogen and oxygen atoms in total. The Morgan fingerprint density at radius 1 is 0.564 bits per heavy atom. The Morgan fingerprint density at radius 3 is 2.21 bits per heavy atom. The zero-order valence-electron chi connectivity index (χ0n) is 20.8. The topological polar surface area (TPSA) is 66.7 Å². The summed E-state index contributed by atoms with van der Waals surface area (Å²) < 4.78 is 1.89. The van der Waals surface area contributed by atoms with Crippen LogP contribution in [0.5, 0.6) is 5.75 Å². The fourth-order valence-corrected chi connectivity index (χ4v) is 5.69. The van der Waals surface area contributed by atoms with Crippen LogP contribution >= 0.6 is 0 Å². The molecule has 8 rings (SSSR count). The molecule has 2 N–H and O–H groups in total. The standard InChI is InChI=1S/C34H22N4O/c39-30-17-6-4-11-25(30)28-15-8-18-31(35-28)38-29-16-5-3-12-26(29)34(37-38)27-14-7-13-23-24-20-19-21-9-1-2-10-22(21)32(24)36-33(23)27/h1-20,36,39H. The van der Waals surface area contributed by atoms with E-state index in [1.807, 2.05) is 53.2 Å². The lowest BCUT2D eigenvalue weighted by atomic mass is 10.0. The van der Waals surface area contributed by atoms with Crippen molar-refractivity contribution in [3.05, 3.63) is 121 Å². The smallest absolute Gasteiger partial charge is 0.154 e. The average Bonchev–Trinajstić information content (AvgIpc) is 3.57. The van der Waals surface area contributed by atoms with Crippen LogP contribution in [0.15, 0.2) is 121 Å². The van der Waals surface area contributed by atoms with Gasteiger partial charge < -0.3 is 10.1 Å². The number of rotatable bonds is 3. The molecule has 0 saturated carbocycles. The number of phenolic OH excluding ortho intramolecular Hbond substituents is 1. The number of benzene rings is 5.